The van der Waals surface area contributed by atoms with Crippen molar-refractivity contribution in [3.05, 3.63) is 33.8 Å². The molecule has 0 fully saturated rings. The fourth-order valence-corrected chi connectivity index (χ4v) is 2.46. The number of hydrogen-bond acceptors (Lipinski definition) is 1. The van der Waals surface area contributed by atoms with E-state index in [-0.39, 0.29) is 5.41 Å². The van der Waals surface area contributed by atoms with Crippen LogP contribution >= 0.6 is 23.2 Å². The fourth-order valence-electron chi connectivity index (χ4n) is 2.14. The second-order valence-electron chi connectivity index (χ2n) is 5.91. The SMILES string of the molecule is CCCNCC(C)(Cc1ccc(Cl)c(Cl)c1)C(C)C. The maximum absolute atomic E-state index is 6.10. The van der Waals surface area contributed by atoms with Crippen LogP contribution in [0.3, 0.4) is 0 Å². The Labute approximate surface area is 127 Å². The van der Waals surface area contributed by atoms with Crippen LogP contribution in [0.25, 0.3) is 0 Å². The normalized spacial score (nSPS) is 14.7. The number of benzene rings is 1. The summed E-state index contributed by atoms with van der Waals surface area (Å²) < 4.78 is 0. The lowest BCUT2D eigenvalue weighted by molar-refractivity contribution is 0.208. The number of halogens is 2. The van der Waals surface area contributed by atoms with E-state index in [1.807, 2.05) is 12.1 Å². The van der Waals surface area contributed by atoms with Crippen LogP contribution in [0.15, 0.2) is 18.2 Å². The van der Waals surface area contributed by atoms with Gasteiger partial charge >= 0.3 is 0 Å². The minimum atomic E-state index is 0.229. The highest BCUT2D eigenvalue weighted by atomic mass is 35.5. The quantitative estimate of drug-likeness (QED) is 0.683. The van der Waals surface area contributed by atoms with Gasteiger partial charge in [0.1, 0.15) is 0 Å². The lowest BCUT2D eigenvalue weighted by Crippen LogP contribution is -2.38. The van der Waals surface area contributed by atoms with Crippen molar-refractivity contribution < 1.29 is 0 Å². The van der Waals surface area contributed by atoms with Crippen LogP contribution in [0.5, 0.6) is 0 Å². The van der Waals surface area contributed by atoms with Crippen molar-refractivity contribution in [2.75, 3.05) is 13.1 Å². The summed E-state index contributed by atoms with van der Waals surface area (Å²) in [5.74, 6) is 0.603. The number of rotatable bonds is 7. The average Bonchev–Trinajstić information content (AvgIpc) is 2.34. The van der Waals surface area contributed by atoms with E-state index in [1.54, 1.807) is 0 Å². The lowest BCUT2D eigenvalue weighted by atomic mass is 9.74. The minimum absolute atomic E-state index is 0.229. The molecule has 1 atom stereocenters. The van der Waals surface area contributed by atoms with Crippen molar-refractivity contribution in [3.8, 4) is 0 Å². The Bertz CT molecular complexity index is 404. The maximum atomic E-state index is 6.10. The molecular formula is C16H25Cl2N. The molecule has 1 aromatic carbocycles. The first-order valence-electron chi connectivity index (χ1n) is 7.03. The van der Waals surface area contributed by atoms with Gasteiger partial charge in [-0.3, -0.25) is 0 Å². The molecule has 0 radical (unpaired) electrons. The summed E-state index contributed by atoms with van der Waals surface area (Å²) >= 11 is 12.1. The van der Waals surface area contributed by atoms with E-state index in [0.717, 1.165) is 19.5 Å². The zero-order valence-electron chi connectivity index (χ0n) is 12.4. The molecule has 1 rings (SSSR count). The first-order chi connectivity index (χ1) is 8.89. The molecule has 0 aliphatic rings. The van der Waals surface area contributed by atoms with Gasteiger partial charge in [-0.05, 0) is 48.4 Å². The summed E-state index contributed by atoms with van der Waals surface area (Å²) in [7, 11) is 0. The number of nitrogens with one attached hydrogen (secondary N) is 1. The van der Waals surface area contributed by atoms with Gasteiger partial charge in [-0.1, -0.05) is 57.0 Å². The van der Waals surface area contributed by atoms with Crippen LogP contribution in [0, 0.1) is 11.3 Å². The molecule has 0 aliphatic carbocycles. The predicted molar refractivity (Wildman–Crippen MR) is 86.3 cm³/mol. The molecule has 1 nitrogen and oxygen atoms in total. The van der Waals surface area contributed by atoms with E-state index in [2.05, 4.69) is 39.1 Å². The van der Waals surface area contributed by atoms with Crippen molar-refractivity contribution in [2.45, 2.75) is 40.5 Å². The van der Waals surface area contributed by atoms with Gasteiger partial charge < -0.3 is 5.32 Å². The molecule has 0 amide bonds. The van der Waals surface area contributed by atoms with Crippen molar-refractivity contribution in [3.63, 3.8) is 0 Å². The van der Waals surface area contributed by atoms with Gasteiger partial charge in [0.15, 0.2) is 0 Å². The molecule has 0 saturated heterocycles. The van der Waals surface area contributed by atoms with E-state index in [9.17, 15) is 0 Å². The minimum Gasteiger partial charge on any atom is -0.316 e. The highest BCUT2D eigenvalue weighted by Gasteiger charge is 2.28. The first-order valence-corrected chi connectivity index (χ1v) is 7.79. The van der Waals surface area contributed by atoms with Gasteiger partial charge in [0.05, 0.1) is 10.0 Å². The Balaban J connectivity index is 2.79. The Morgan fingerprint density at radius 1 is 1.21 bits per heavy atom. The van der Waals surface area contributed by atoms with Gasteiger partial charge in [0.2, 0.25) is 0 Å². The summed E-state index contributed by atoms with van der Waals surface area (Å²) in [5.41, 5.74) is 1.48. The van der Waals surface area contributed by atoms with E-state index in [0.29, 0.717) is 16.0 Å². The van der Waals surface area contributed by atoms with E-state index in [1.165, 1.54) is 12.0 Å². The summed E-state index contributed by atoms with van der Waals surface area (Å²) in [5, 5.41) is 4.82. The van der Waals surface area contributed by atoms with Crippen LogP contribution in [0.1, 0.15) is 39.7 Å². The molecular weight excluding hydrogens is 277 g/mol. The molecule has 1 aromatic rings. The second kappa shape index (κ2) is 7.52. The van der Waals surface area contributed by atoms with Crippen LogP contribution in [0.2, 0.25) is 10.0 Å². The number of hydrogen-bond donors (Lipinski definition) is 1. The van der Waals surface area contributed by atoms with Crippen LogP contribution < -0.4 is 5.32 Å². The highest BCUT2D eigenvalue weighted by Crippen LogP contribution is 2.32. The molecule has 0 bridgehead atoms. The predicted octanol–water partition coefficient (Wildman–Crippen LogP) is 5.20. The Hall–Kier alpha value is -0.240. The van der Waals surface area contributed by atoms with Crippen molar-refractivity contribution in [1.29, 1.82) is 0 Å². The van der Waals surface area contributed by atoms with Crippen molar-refractivity contribution in [2.24, 2.45) is 11.3 Å². The fraction of sp³-hybridized carbons (Fsp3) is 0.625. The molecule has 108 valence electrons. The third kappa shape index (κ3) is 4.98. The monoisotopic (exact) mass is 301 g/mol. The lowest BCUT2D eigenvalue weighted by Gasteiger charge is -2.34. The Morgan fingerprint density at radius 2 is 1.89 bits per heavy atom. The van der Waals surface area contributed by atoms with Gasteiger partial charge in [0.25, 0.3) is 0 Å². The molecule has 1 N–H and O–H groups in total. The van der Waals surface area contributed by atoms with E-state index in [4.69, 9.17) is 23.2 Å². The zero-order valence-corrected chi connectivity index (χ0v) is 13.9. The third-order valence-corrected chi connectivity index (χ3v) is 4.68. The van der Waals surface area contributed by atoms with E-state index < -0.39 is 0 Å². The molecule has 19 heavy (non-hydrogen) atoms. The standard InChI is InChI=1S/C16H25Cl2N/c1-5-8-19-11-16(4,12(2)3)10-13-6-7-14(17)15(18)9-13/h6-7,9,12,19H,5,8,10-11H2,1-4H3. The largest absolute Gasteiger partial charge is 0.316 e. The first kappa shape index (κ1) is 16.8. The van der Waals surface area contributed by atoms with Gasteiger partial charge in [-0.2, -0.15) is 0 Å². The molecule has 1 unspecified atom stereocenters. The summed E-state index contributed by atoms with van der Waals surface area (Å²) in [6.45, 7) is 11.2. The van der Waals surface area contributed by atoms with E-state index >= 15 is 0 Å². The molecule has 3 heteroatoms. The molecule has 0 heterocycles. The van der Waals surface area contributed by atoms with Crippen molar-refractivity contribution in [1.82, 2.24) is 5.32 Å². The molecule has 0 aliphatic heterocycles. The topological polar surface area (TPSA) is 12.0 Å². The van der Waals surface area contributed by atoms with Crippen LogP contribution in [-0.2, 0) is 6.42 Å². The molecule has 0 aromatic heterocycles. The highest BCUT2D eigenvalue weighted by molar-refractivity contribution is 6.42. The summed E-state index contributed by atoms with van der Waals surface area (Å²) in [6.07, 6.45) is 2.18. The average molecular weight is 302 g/mol. The Kier molecular flexibility index (Phi) is 6.65. The van der Waals surface area contributed by atoms with Gasteiger partial charge in [-0.25, -0.2) is 0 Å². The van der Waals surface area contributed by atoms with Crippen LogP contribution in [0.4, 0.5) is 0 Å². The van der Waals surface area contributed by atoms with Gasteiger partial charge in [0, 0.05) is 6.54 Å². The smallest absolute Gasteiger partial charge is 0.0595 e. The van der Waals surface area contributed by atoms with Crippen LogP contribution in [-0.4, -0.2) is 13.1 Å². The molecule has 0 saturated carbocycles. The maximum Gasteiger partial charge on any atom is 0.0595 e. The molecule has 0 spiro atoms. The zero-order chi connectivity index (χ0) is 14.5. The third-order valence-electron chi connectivity index (χ3n) is 3.94. The summed E-state index contributed by atoms with van der Waals surface area (Å²) in [6, 6.07) is 5.96. The van der Waals surface area contributed by atoms with Crippen molar-refractivity contribution >= 4 is 23.2 Å². The summed E-state index contributed by atoms with van der Waals surface area (Å²) in [4.78, 5) is 0. The second-order valence-corrected chi connectivity index (χ2v) is 6.73. The van der Waals surface area contributed by atoms with Gasteiger partial charge in [-0.15, -0.1) is 0 Å². The Morgan fingerprint density at radius 3 is 2.42 bits per heavy atom.